The lowest BCUT2D eigenvalue weighted by Gasteiger charge is -2.35. The summed E-state index contributed by atoms with van der Waals surface area (Å²) in [5.41, 5.74) is 4.94. The van der Waals surface area contributed by atoms with E-state index in [0.29, 0.717) is 6.54 Å². The molecule has 0 fully saturated rings. The first kappa shape index (κ1) is 10.9. The number of hydrogen-bond acceptors (Lipinski definition) is 2. The summed E-state index contributed by atoms with van der Waals surface area (Å²) in [6.45, 7) is 8.56. The van der Waals surface area contributed by atoms with Gasteiger partial charge in [-0.2, -0.15) is 0 Å². The van der Waals surface area contributed by atoms with E-state index >= 15 is 0 Å². The van der Waals surface area contributed by atoms with Crippen LogP contribution in [-0.4, -0.2) is 17.3 Å². The van der Waals surface area contributed by atoms with Crippen molar-refractivity contribution in [2.45, 2.75) is 39.7 Å². The van der Waals surface area contributed by atoms with Crippen molar-refractivity contribution < 1.29 is 5.11 Å². The van der Waals surface area contributed by atoms with Gasteiger partial charge >= 0.3 is 0 Å². The van der Waals surface area contributed by atoms with Crippen LogP contribution in [0.15, 0.2) is 0 Å². The fraction of sp³-hybridized carbons (Fsp3) is 1.00. The molecule has 0 aliphatic heterocycles. The molecule has 68 valence electrons. The molecular formula is C9H21NO. The summed E-state index contributed by atoms with van der Waals surface area (Å²) in [7, 11) is 0. The summed E-state index contributed by atoms with van der Waals surface area (Å²) in [6, 6.07) is 0. The average Bonchev–Trinajstić information content (AvgIpc) is 1.89. The van der Waals surface area contributed by atoms with Gasteiger partial charge in [0.15, 0.2) is 0 Å². The van der Waals surface area contributed by atoms with E-state index in [4.69, 9.17) is 5.73 Å². The quantitative estimate of drug-likeness (QED) is 0.651. The molecule has 0 amide bonds. The van der Waals surface area contributed by atoms with Crippen molar-refractivity contribution in [2.24, 2.45) is 17.6 Å². The van der Waals surface area contributed by atoms with Gasteiger partial charge in [-0.25, -0.2) is 0 Å². The summed E-state index contributed by atoms with van der Waals surface area (Å²) in [5, 5.41) is 9.97. The third kappa shape index (κ3) is 2.46. The SMILES string of the molecule is CCC(CN)C(C)(O)C(C)C. The molecule has 11 heavy (non-hydrogen) atoms. The highest BCUT2D eigenvalue weighted by molar-refractivity contribution is 4.84. The van der Waals surface area contributed by atoms with Gasteiger partial charge in [-0.05, 0) is 31.7 Å². The largest absolute Gasteiger partial charge is 0.390 e. The van der Waals surface area contributed by atoms with Gasteiger partial charge < -0.3 is 10.8 Å². The maximum Gasteiger partial charge on any atom is 0.0682 e. The Kier molecular flexibility index (Phi) is 4.04. The Balaban J connectivity index is 4.24. The highest BCUT2D eigenvalue weighted by atomic mass is 16.3. The molecular weight excluding hydrogens is 138 g/mol. The topological polar surface area (TPSA) is 46.2 Å². The smallest absolute Gasteiger partial charge is 0.0682 e. The molecule has 0 saturated carbocycles. The lowest BCUT2D eigenvalue weighted by Crippen LogP contribution is -2.43. The maximum atomic E-state index is 9.97. The van der Waals surface area contributed by atoms with Gasteiger partial charge in [0.2, 0.25) is 0 Å². The van der Waals surface area contributed by atoms with Crippen LogP contribution in [0.4, 0.5) is 0 Å². The van der Waals surface area contributed by atoms with Crippen LogP contribution in [0.1, 0.15) is 34.1 Å². The van der Waals surface area contributed by atoms with Gasteiger partial charge in [-0.3, -0.25) is 0 Å². The second kappa shape index (κ2) is 4.07. The second-order valence-electron chi connectivity index (χ2n) is 3.72. The molecule has 0 aliphatic rings. The zero-order valence-corrected chi connectivity index (χ0v) is 8.09. The molecule has 0 aromatic rings. The molecule has 0 aromatic carbocycles. The summed E-state index contributed by atoms with van der Waals surface area (Å²) in [4.78, 5) is 0. The molecule has 0 spiro atoms. The average molecular weight is 159 g/mol. The Morgan fingerprint density at radius 1 is 1.45 bits per heavy atom. The maximum absolute atomic E-state index is 9.97. The van der Waals surface area contributed by atoms with Gasteiger partial charge in [0.25, 0.3) is 0 Å². The van der Waals surface area contributed by atoms with Gasteiger partial charge in [-0.1, -0.05) is 20.8 Å². The van der Waals surface area contributed by atoms with Gasteiger partial charge in [0.1, 0.15) is 0 Å². The van der Waals surface area contributed by atoms with E-state index in [9.17, 15) is 5.11 Å². The van der Waals surface area contributed by atoms with Crippen molar-refractivity contribution in [1.82, 2.24) is 0 Å². The van der Waals surface area contributed by atoms with E-state index in [1.54, 1.807) is 0 Å². The van der Waals surface area contributed by atoms with Crippen molar-refractivity contribution in [3.8, 4) is 0 Å². The Hall–Kier alpha value is -0.0800. The Labute approximate surface area is 69.8 Å². The first-order valence-corrected chi connectivity index (χ1v) is 4.39. The molecule has 3 N–H and O–H groups in total. The van der Waals surface area contributed by atoms with Crippen LogP contribution in [0, 0.1) is 11.8 Å². The summed E-state index contributed by atoms with van der Waals surface area (Å²) in [6.07, 6.45) is 0.946. The van der Waals surface area contributed by atoms with Crippen LogP contribution < -0.4 is 5.73 Å². The molecule has 2 unspecified atom stereocenters. The Morgan fingerprint density at radius 2 is 1.91 bits per heavy atom. The third-order valence-electron chi connectivity index (χ3n) is 2.77. The van der Waals surface area contributed by atoms with Gasteiger partial charge in [0, 0.05) is 0 Å². The molecule has 0 heterocycles. The fourth-order valence-corrected chi connectivity index (χ4v) is 1.29. The minimum atomic E-state index is -0.608. The zero-order valence-electron chi connectivity index (χ0n) is 8.09. The van der Waals surface area contributed by atoms with Crippen LogP contribution in [0.2, 0.25) is 0 Å². The van der Waals surface area contributed by atoms with Crippen molar-refractivity contribution >= 4 is 0 Å². The van der Waals surface area contributed by atoms with E-state index < -0.39 is 5.60 Å². The lowest BCUT2D eigenvalue weighted by molar-refractivity contribution is -0.0400. The van der Waals surface area contributed by atoms with E-state index in [2.05, 4.69) is 6.92 Å². The Morgan fingerprint density at radius 3 is 2.00 bits per heavy atom. The number of nitrogens with two attached hydrogens (primary N) is 1. The van der Waals surface area contributed by atoms with E-state index in [-0.39, 0.29) is 11.8 Å². The van der Waals surface area contributed by atoms with Crippen LogP contribution in [-0.2, 0) is 0 Å². The van der Waals surface area contributed by atoms with Crippen LogP contribution in [0.3, 0.4) is 0 Å². The number of hydrogen-bond donors (Lipinski definition) is 2. The molecule has 0 aromatic heterocycles. The minimum Gasteiger partial charge on any atom is -0.390 e. The predicted molar refractivity (Wildman–Crippen MR) is 48.3 cm³/mol. The van der Waals surface area contributed by atoms with Gasteiger partial charge in [-0.15, -0.1) is 0 Å². The lowest BCUT2D eigenvalue weighted by atomic mass is 9.79. The Bertz CT molecular complexity index is 106. The predicted octanol–water partition coefficient (Wildman–Crippen LogP) is 1.38. The van der Waals surface area contributed by atoms with Crippen molar-refractivity contribution in [3.05, 3.63) is 0 Å². The molecule has 0 radical (unpaired) electrons. The molecule has 2 heteroatoms. The summed E-state index contributed by atoms with van der Waals surface area (Å²) >= 11 is 0. The monoisotopic (exact) mass is 159 g/mol. The number of rotatable bonds is 4. The van der Waals surface area contributed by atoms with Crippen LogP contribution in [0.25, 0.3) is 0 Å². The molecule has 2 atom stereocenters. The normalized spacial score (nSPS) is 19.9. The van der Waals surface area contributed by atoms with E-state index in [1.807, 2.05) is 20.8 Å². The first-order valence-electron chi connectivity index (χ1n) is 4.39. The van der Waals surface area contributed by atoms with Crippen molar-refractivity contribution in [3.63, 3.8) is 0 Å². The van der Waals surface area contributed by atoms with Gasteiger partial charge in [0.05, 0.1) is 5.60 Å². The zero-order chi connectivity index (χ0) is 9.07. The van der Waals surface area contributed by atoms with Crippen molar-refractivity contribution in [2.75, 3.05) is 6.54 Å². The highest BCUT2D eigenvalue weighted by Crippen LogP contribution is 2.27. The minimum absolute atomic E-state index is 0.225. The summed E-state index contributed by atoms with van der Waals surface area (Å²) in [5.74, 6) is 0.499. The van der Waals surface area contributed by atoms with Crippen molar-refractivity contribution in [1.29, 1.82) is 0 Å². The molecule has 0 aliphatic carbocycles. The summed E-state index contributed by atoms with van der Waals surface area (Å²) < 4.78 is 0. The molecule has 2 nitrogen and oxygen atoms in total. The molecule has 0 rings (SSSR count). The fourth-order valence-electron chi connectivity index (χ4n) is 1.29. The van der Waals surface area contributed by atoms with E-state index in [0.717, 1.165) is 6.42 Å². The molecule has 0 bridgehead atoms. The van der Waals surface area contributed by atoms with E-state index in [1.165, 1.54) is 0 Å². The highest BCUT2D eigenvalue weighted by Gasteiger charge is 2.32. The third-order valence-corrected chi connectivity index (χ3v) is 2.77. The van der Waals surface area contributed by atoms with Crippen LogP contribution >= 0.6 is 0 Å². The molecule has 0 saturated heterocycles. The number of aliphatic hydroxyl groups is 1. The van der Waals surface area contributed by atoms with Crippen LogP contribution in [0.5, 0.6) is 0 Å². The first-order chi connectivity index (χ1) is 4.96. The standard InChI is InChI=1S/C9H21NO/c1-5-8(6-10)9(4,11)7(2)3/h7-8,11H,5-6,10H2,1-4H3. The second-order valence-corrected chi connectivity index (χ2v) is 3.72.